The highest BCUT2D eigenvalue weighted by atomic mass is 32.2. The van der Waals surface area contributed by atoms with Crippen molar-refractivity contribution in [3.63, 3.8) is 0 Å². The Bertz CT molecular complexity index is 759. The van der Waals surface area contributed by atoms with E-state index in [-0.39, 0.29) is 4.90 Å². The zero-order valence-electron chi connectivity index (χ0n) is 13.2. The summed E-state index contributed by atoms with van der Waals surface area (Å²) in [7, 11) is -1.80. The molecule has 1 fully saturated rings. The third kappa shape index (κ3) is 3.89. The molecule has 0 spiro atoms. The van der Waals surface area contributed by atoms with Crippen LogP contribution in [-0.2, 0) is 14.8 Å². The van der Waals surface area contributed by atoms with E-state index in [1.54, 1.807) is 31.6 Å². The normalized spacial score (nSPS) is 19.6. The largest absolute Gasteiger partial charge is 0.383 e. The van der Waals surface area contributed by atoms with Crippen molar-refractivity contribution in [2.24, 2.45) is 5.92 Å². The van der Waals surface area contributed by atoms with Gasteiger partial charge in [0.25, 0.3) is 0 Å². The van der Waals surface area contributed by atoms with Gasteiger partial charge in [-0.3, -0.25) is 0 Å². The van der Waals surface area contributed by atoms with Crippen LogP contribution in [0.1, 0.15) is 6.42 Å². The smallest absolute Gasteiger partial charge is 0.240 e. The summed E-state index contributed by atoms with van der Waals surface area (Å²) in [6.45, 7) is 3.98. The number of ether oxygens (including phenoxy) is 1. The maximum absolute atomic E-state index is 12.4. The van der Waals surface area contributed by atoms with Gasteiger partial charge in [0.05, 0.1) is 28.9 Å². The summed E-state index contributed by atoms with van der Waals surface area (Å²) >= 11 is 0. The number of likely N-dealkylation sites (tertiary alicyclic amines) is 1. The summed E-state index contributed by atoms with van der Waals surface area (Å²) in [6, 6.07) is 4.91. The number of hydrogen-bond donors (Lipinski definition) is 2. The summed E-state index contributed by atoms with van der Waals surface area (Å²) in [4.78, 5) is 9.60. The van der Waals surface area contributed by atoms with Gasteiger partial charge in [0.2, 0.25) is 10.0 Å². The van der Waals surface area contributed by atoms with E-state index in [1.165, 1.54) is 0 Å². The summed E-state index contributed by atoms with van der Waals surface area (Å²) in [5.41, 5.74) is 1.48. The van der Waals surface area contributed by atoms with Crippen molar-refractivity contribution in [1.82, 2.24) is 19.6 Å². The molecule has 1 saturated heterocycles. The fourth-order valence-corrected chi connectivity index (χ4v) is 4.04. The molecule has 1 aliphatic rings. The van der Waals surface area contributed by atoms with Crippen LogP contribution in [0.5, 0.6) is 0 Å². The predicted molar refractivity (Wildman–Crippen MR) is 87.7 cm³/mol. The number of sulfonamides is 1. The van der Waals surface area contributed by atoms with Crippen LogP contribution in [0.4, 0.5) is 0 Å². The molecule has 3 rings (SSSR count). The van der Waals surface area contributed by atoms with E-state index >= 15 is 0 Å². The fourth-order valence-electron chi connectivity index (χ4n) is 2.90. The molecule has 2 aromatic rings. The molecule has 2 heterocycles. The molecule has 1 atom stereocenters. The second-order valence-corrected chi connectivity index (χ2v) is 7.65. The van der Waals surface area contributed by atoms with Gasteiger partial charge < -0.3 is 14.6 Å². The first-order valence-electron chi connectivity index (χ1n) is 7.72. The Morgan fingerprint density at radius 3 is 3.17 bits per heavy atom. The Kier molecular flexibility index (Phi) is 4.96. The first-order chi connectivity index (χ1) is 11.1. The van der Waals surface area contributed by atoms with Crippen LogP contribution in [0.3, 0.4) is 0 Å². The summed E-state index contributed by atoms with van der Waals surface area (Å²) < 4.78 is 32.7. The number of aromatic amines is 1. The van der Waals surface area contributed by atoms with Crippen molar-refractivity contribution < 1.29 is 13.2 Å². The number of nitrogens with one attached hydrogen (secondary N) is 2. The number of methoxy groups -OCH3 is 1. The van der Waals surface area contributed by atoms with Crippen molar-refractivity contribution >= 4 is 21.1 Å². The molecular formula is C15H22N4O3S. The predicted octanol–water partition coefficient (Wildman–Crippen LogP) is 0.810. The van der Waals surface area contributed by atoms with E-state index in [1.807, 2.05) is 0 Å². The van der Waals surface area contributed by atoms with Gasteiger partial charge in [-0.2, -0.15) is 0 Å². The quantitative estimate of drug-likeness (QED) is 0.780. The zero-order valence-corrected chi connectivity index (χ0v) is 14.0. The van der Waals surface area contributed by atoms with Gasteiger partial charge in [-0.25, -0.2) is 18.1 Å². The van der Waals surface area contributed by atoms with E-state index in [2.05, 4.69) is 19.6 Å². The minimum Gasteiger partial charge on any atom is -0.383 e. The monoisotopic (exact) mass is 338 g/mol. The SMILES string of the molecule is COCCN1CC[C@H](CNS(=O)(=O)c2ccc3nc[nH]c3c2)C1. The summed E-state index contributed by atoms with van der Waals surface area (Å²) in [5, 5.41) is 0. The minimum atomic E-state index is -3.49. The molecule has 7 nitrogen and oxygen atoms in total. The lowest BCUT2D eigenvalue weighted by atomic mass is 10.1. The molecule has 0 amide bonds. The number of benzene rings is 1. The topological polar surface area (TPSA) is 87.3 Å². The van der Waals surface area contributed by atoms with Crippen LogP contribution in [0.2, 0.25) is 0 Å². The molecule has 0 bridgehead atoms. The standard InChI is InChI=1S/C15H22N4O3S/c1-22-7-6-19-5-4-12(10-19)9-18-23(20,21)13-2-3-14-15(8-13)17-11-16-14/h2-3,8,11-12,18H,4-7,9-10H2,1H3,(H,16,17)/t12-/m1/s1. The maximum Gasteiger partial charge on any atom is 0.240 e. The van der Waals surface area contributed by atoms with Gasteiger partial charge in [-0.1, -0.05) is 0 Å². The number of H-pyrrole nitrogens is 1. The average molecular weight is 338 g/mol. The summed E-state index contributed by atoms with van der Waals surface area (Å²) in [6.07, 6.45) is 2.56. The number of fused-ring (bicyclic) bond motifs is 1. The highest BCUT2D eigenvalue weighted by molar-refractivity contribution is 7.89. The van der Waals surface area contributed by atoms with Gasteiger partial charge in [0.1, 0.15) is 0 Å². The van der Waals surface area contributed by atoms with Crippen LogP contribution in [0, 0.1) is 5.92 Å². The lowest BCUT2D eigenvalue weighted by Gasteiger charge is -2.15. The molecule has 23 heavy (non-hydrogen) atoms. The van der Waals surface area contributed by atoms with Crippen molar-refractivity contribution in [3.8, 4) is 0 Å². The molecule has 1 aromatic carbocycles. The number of hydrogen-bond acceptors (Lipinski definition) is 5. The van der Waals surface area contributed by atoms with Crippen LogP contribution < -0.4 is 4.72 Å². The first-order valence-corrected chi connectivity index (χ1v) is 9.21. The number of imidazole rings is 1. The molecule has 1 aliphatic heterocycles. The van der Waals surface area contributed by atoms with Crippen LogP contribution >= 0.6 is 0 Å². The van der Waals surface area contributed by atoms with Gasteiger partial charge >= 0.3 is 0 Å². The Balaban J connectivity index is 1.58. The van der Waals surface area contributed by atoms with Crippen LogP contribution in [-0.4, -0.2) is 63.2 Å². The molecule has 2 N–H and O–H groups in total. The first kappa shape index (κ1) is 16.4. The highest BCUT2D eigenvalue weighted by Crippen LogP contribution is 2.18. The van der Waals surface area contributed by atoms with Crippen molar-refractivity contribution in [2.45, 2.75) is 11.3 Å². The zero-order chi connectivity index (χ0) is 16.3. The molecule has 1 aromatic heterocycles. The second kappa shape index (κ2) is 6.96. The van der Waals surface area contributed by atoms with E-state index in [4.69, 9.17) is 4.74 Å². The fraction of sp³-hybridized carbons (Fsp3) is 0.533. The molecule has 0 radical (unpaired) electrons. The van der Waals surface area contributed by atoms with E-state index < -0.39 is 10.0 Å². The highest BCUT2D eigenvalue weighted by Gasteiger charge is 2.24. The Labute approximate surface area is 136 Å². The molecule has 8 heteroatoms. The molecule has 0 unspecified atom stereocenters. The Morgan fingerprint density at radius 2 is 2.35 bits per heavy atom. The van der Waals surface area contributed by atoms with Crippen LogP contribution in [0.15, 0.2) is 29.4 Å². The summed E-state index contributed by atoms with van der Waals surface area (Å²) in [5.74, 6) is 0.345. The Morgan fingerprint density at radius 1 is 1.48 bits per heavy atom. The van der Waals surface area contributed by atoms with Crippen molar-refractivity contribution in [1.29, 1.82) is 0 Å². The van der Waals surface area contributed by atoms with Gasteiger partial charge in [0, 0.05) is 26.7 Å². The van der Waals surface area contributed by atoms with Gasteiger partial charge in [-0.05, 0) is 37.1 Å². The van der Waals surface area contributed by atoms with E-state index in [9.17, 15) is 8.42 Å². The van der Waals surface area contributed by atoms with Gasteiger partial charge in [0.15, 0.2) is 0 Å². The maximum atomic E-state index is 12.4. The van der Waals surface area contributed by atoms with Crippen molar-refractivity contribution in [3.05, 3.63) is 24.5 Å². The number of nitrogens with zero attached hydrogens (tertiary/aromatic N) is 2. The lowest BCUT2D eigenvalue weighted by molar-refractivity contribution is 0.159. The minimum absolute atomic E-state index is 0.267. The molecular weight excluding hydrogens is 316 g/mol. The van der Waals surface area contributed by atoms with Crippen LogP contribution in [0.25, 0.3) is 11.0 Å². The number of aromatic nitrogens is 2. The second-order valence-electron chi connectivity index (χ2n) is 5.88. The van der Waals surface area contributed by atoms with E-state index in [0.29, 0.717) is 19.1 Å². The number of rotatable bonds is 7. The van der Waals surface area contributed by atoms with E-state index in [0.717, 1.165) is 37.1 Å². The molecule has 126 valence electrons. The molecule has 0 aliphatic carbocycles. The van der Waals surface area contributed by atoms with Crippen molar-refractivity contribution in [2.75, 3.05) is 39.9 Å². The third-order valence-electron chi connectivity index (χ3n) is 4.25. The lowest BCUT2D eigenvalue weighted by Crippen LogP contribution is -2.31. The van der Waals surface area contributed by atoms with Gasteiger partial charge in [-0.15, -0.1) is 0 Å². The Hall–Kier alpha value is -1.48. The average Bonchev–Trinajstić information content (AvgIpc) is 3.19. The third-order valence-corrected chi connectivity index (χ3v) is 5.67. The molecule has 0 saturated carbocycles.